The molecule has 0 aromatic carbocycles. The Balaban J connectivity index is 2.72. The molecule has 0 atom stereocenters. The molecule has 5 nitrogen and oxygen atoms in total. The van der Waals surface area contributed by atoms with Gasteiger partial charge in [0.05, 0.1) is 4.34 Å². The van der Waals surface area contributed by atoms with Crippen LogP contribution in [0.15, 0.2) is 12.1 Å². The van der Waals surface area contributed by atoms with Crippen molar-refractivity contribution in [1.29, 1.82) is 0 Å². The van der Waals surface area contributed by atoms with Gasteiger partial charge in [-0.25, -0.2) is 8.42 Å². The number of carboxylic acid groups (broad SMARTS) is 1. The van der Waals surface area contributed by atoms with Crippen LogP contribution < -0.4 is 0 Å². The Morgan fingerprint density at radius 3 is 2.62 bits per heavy atom. The van der Waals surface area contributed by atoms with Crippen molar-refractivity contribution >= 4 is 38.9 Å². The van der Waals surface area contributed by atoms with E-state index in [9.17, 15) is 13.2 Å². The molecule has 0 aliphatic heterocycles. The van der Waals surface area contributed by atoms with E-state index in [1.54, 1.807) is 12.1 Å². The van der Waals surface area contributed by atoms with Crippen LogP contribution in [0.5, 0.6) is 0 Å². The van der Waals surface area contributed by atoms with Crippen LogP contribution in [0.2, 0.25) is 4.34 Å². The van der Waals surface area contributed by atoms with Crippen molar-refractivity contribution in [1.82, 2.24) is 4.31 Å². The van der Waals surface area contributed by atoms with Crippen molar-refractivity contribution in [2.75, 3.05) is 12.8 Å². The zero-order valence-electron chi connectivity index (χ0n) is 8.38. The number of halogens is 1. The van der Waals surface area contributed by atoms with Crippen molar-refractivity contribution in [3.8, 4) is 0 Å². The van der Waals surface area contributed by atoms with Gasteiger partial charge in [-0.3, -0.25) is 4.79 Å². The highest BCUT2D eigenvalue weighted by Gasteiger charge is 2.22. The molecule has 0 bridgehead atoms. The smallest absolute Gasteiger partial charge is 0.320 e. The SMILES string of the molecule is CN(Cc1ccc(Cl)s1)S(=O)(=O)CC(=O)O. The molecular formula is C8H10ClNO4S2. The number of hydrogen-bond acceptors (Lipinski definition) is 4. The second-order valence-electron chi connectivity index (χ2n) is 3.11. The van der Waals surface area contributed by atoms with Crippen LogP contribution in [0.1, 0.15) is 4.88 Å². The Hall–Kier alpha value is -0.630. The molecule has 90 valence electrons. The van der Waals surface area contributed by atoms with E-state index >= 15 is 0 Å². The van der Waals surface area contributed by atoms with E-state index in [4.69, 9.17) is 16.7 Å². The molecule has 0 aliphatic carbocycles. The summed E-state index contributed by atoms with van der Waals surface area (Å²) in [4.78, 5) is 11.1. The monoisotopic (exact) mass is 283 g/mol. The lowest BCUT2D eigenvalue weighted by Gasteiger charge is -2.14. The van der Waals surface area contributed by atoms with Gasteiger partial charge in [0.15, 0.2) is 5.75 Å². The number of nitrogens with zero attached hydrogens (tertiary/aromatic N) is 1. The van der Waals surface area contributed by atoms with Crippen LogP contribution in [-0.4, -0.2) is 36.6 Å². The Bertz CT molecular complexity index is 482. The van der Waals surface area contributed by atoms with Gasteiger partial charge >= 0.3 is 5.97 Å². The number of thiophene rings is 1. The van der Waals surface area contributed by atoms with Crippen LogP contribution in [-0.2, 0) is 21.4 Å². The van der Waals surface area contributed by atoms with E-state index in [-0.39, 0.29) is 6.54 Å². The summed E-state index contributed by atoms with van der Waals surface area (Å²) in [5.41, 5.74) is 0. The highest BCUT2D eigenvalue weighted by Crippen LogP contribution is 2.23. The normalized spacial score (nSPS) is 11.9. The van der Waals surface area contributed by atoms with Crippen molar-refractivity contribution in [2.24, 2.45) is 0 Å². The van der Waals surface area contributed by atoms with Gasteiger partial charge in [0.2, 0.25) is 10.0 Å². The first-order chi connectivity index (χ1) is 7.31. The lowest BCUT2D eigenvalue weighted by Crippen LogP contribution is -2.31. The van der Waals surface area contributed by atoms with Crippen molar-refractivity contribution in [3.63, 3.8) is 0 Å². The topological polar surface area (TPSA) is 74.7 Å². The first-order valence-electron chi connectivity index (χ1n) is 4.21. The molecule has 8 heteroatoms. The molecule has 0 radical (unpaired) electrons. The molecule has 0 fully saturated rings. The second kappa shape index (κ2) is 5.13. The Morgan fingerprint density at radius 2 is 2.19 bits per heavy atom. The number of carbonyl (C=O) groups is 1. The van der Waals surface area contributed by atoms with E-state index in [0.29, 0.717) is 4.34 Å². The Morgan fingerprint density at radius 1 is 1.56 bits per heavy atom. The molecular weight excluding hydrogens is 274 g/mol. The van der Waals surface area contributed by atoms with E-state index in [1.165, 1.54) is 18.4 Å². The quantitative estimate of drug-likeness (QED) is 0.882. The largest absolute Gasteiger partial charge is 0.480 e. The van der Waals surface area contributed by atoms with Gasteiger partial charge in [-0.1, -0.05) is 11.6 Å². The minimum Gasteiger partial charge on any atom is -0.480 e. The zero-order chi connectivity index (χ0) is 12.3. The van der Waals surface area contributed by atoms with E-state index in [1.807, 2.05) is 0 Å². The van der Waals surface area contributed by atoms with Gasteiger partial charge < -0.3 is 5.11 Å². The summed E-state index contributed by atoms with van der Waals surface area (Å²) in [5.74, 6) is -2.26. The Labute approximate surface area is 102 Å². The van der Waals surface area contributed by atoms with Gasteiger partial charge in [-0.15, -0.1) is 11.3 Å². The summed E-state index contributed by atoms with van der Waals surface area (Å²) in [6, 6.07) is 3.37. The molecule has 0 saturated heterocycles. The average Bonchev–Trinajstić information content (AvgIpc) is 2.48. The molecule has 0 amide bonds. The third-order valence-corrected chi connectivity index (χ3v) is 4.69. The van der Waals surface area contributed by atoms with Crippen LogP contribution in [0.3, 0.4) is 0 Å². The summed E-state index contributed by atoms with van der Waals surface area (Å²) in [6.07, 6.45) is 0. The third kappa shape index (κ3) is 3.75. The third-order valence-electron chi connectivity index (χ3n) is 1.79. The zero-order valence-corrected chi connectivity index (χ0v) is 10.8. The fraction of sp³-hybridized carbons (Fsp3) is 0.375. The van der Waals surface area contributed by atoms with Crippen molar-refractivity contribution in [2.45, 2.75) is 6.54 Å². The predicted molar refractivity (Wildman–Crippen MR) is 62.2 cm³/mol. The average molecular weight is 284 g/mol. The Kier molecular flexibility index (Phi) is 4.31. The van der Waals surface area contributed by atoms with Crippen LogP contribution in [0.4, 0.5) is 0 Å². The summed E-state index contributed by atoms with van der Waals surface area (Å²) in [5, 5.41) is 8.44. The molecule has 0 aliphatic rings. The molecule has 0 spiro atoms. The highest BCUT2D eigenvalue weighted by molar-refractivity contribution is 7.89. The predicted octanol–water partition coefficient (Wildman–Crippen LogP) is 1.25. The highest BCUT2D eigenvalue weighted by atomic mass is 35.5. The maximum absolute atomic E-state index is 11.5. The number of sulfonamides is 1. The summed E-state index contributed by atoms with van der Waals surface area (Å²) in [7, 11) is -2.41. The maximum atomic E-state index is 11.5. The number of carboxylic acids is 1. The standard InChI is InChI=1S/C8H10ClNO4S2/c1-10(16(13,14)5-8(11)12)4-6-2-3-7(9)15-6/h2-3H,4-5H2,1H3,(H,11,12). The lowest BCUT2D eigenvalue weighted by molar-refractivity contribution is -0.134. The van der Waals surface area contributed by atoms with Gasteiger partial charge in [0.25, 0.3) is 0 Å². The van der Waals surface area contributed by atoms with Gasteiger partial charge in [0, 0.05) is 18.5 Å². The van der Waals surface area contributed by atoms with E-state index < -0.39 is 21.7 Å². The molecule has 1 aromatic rings. The van der Waals surface area contributed by atoms with E-state index in [2.05, 4.69) is 0 Å². The first kappa shape index (κ1) is 13.4. The molecule has 1 rings (SSSR count). The van der Waals surface area contributed by atoms with Gasteiger partial charge in [-0.05, 0) is 12.1 Å². The molecule has 1 aromatic heterocycles. The summed E-state index contributed by atoms with van der Waals surface area (Å²) < 4.78 is 24.5. The molecule has 1 heterocycles. The minimum atomic E-state index is -3.75. The molecule has 0 unspecified atom stereocenters. The first-order valence-corrected chi connectivity index (χ1v) is 7.01. The van der Waals surface area contributed by atoms with Crippen LogP contribution in [0.25, 0.3) is 0 Å². The maximum Gasteiger partial charge on any atom is 0.320 e. The lowest BCUT2D eigenvalue weighted by atomic mass is 10.5. The second-order valence-corrected chi connectivity index (χ2v) is 6.99. The fourth-order valence-electron chi connectivity index (χ4n) is 1.02. The molecule has 1 N–H and O–H groups in total. The minimum absolute atomic E-state index is 0.132. The number of rotatable bonds is 5. The van der Waals surface area contributed by atoms with Gasteiger partial charge in [0.1, 0.15) is 0 Å². The fourth-order valence-corrected chi connectivity index (χ4v) is 3.11. The van der Waals surface area contributed by atoms with Crippen molar-refractivity contribution < 1.29 is 18.3 Å². The van der Waals surface area contributed by atoms with Crippen molar-refractivity contribution in [3.05, 3.63) is 21.3 Å². The number of aliphatic carboxylic acids is 1. The van der Waals surface area contributed by atoms with Crippen LogP contribution in [0, 0.1) is 0 Å². The van der Waals surface area contributed by atoms with Crippen LogP contribution >= 0.6 is 22.9 Å². The molecule has 16 heavy (non-hydrogen) atoms. The summed E-state index contributed by atoms with van der Waals surface area (Å²) in [6.45, 7) is 0.132. The summed E-state index contributed by atoms with van der Waals surface area (Å²) >= 11 is 6.96. The number of hydrogen-bond donors (Lipinski definition) is 1. The molecule has 0 saturated carbocycles. The van der Waals surface area contributed by atoms with E-state index in [0.717, 1.165) is 9.18 Å². The van der Waals surface area contributed by atoms with Gasteiger partial charge in [-0.2, -0.15) is 4.31 Å².